The first-order valence-corrected chi connectivity index (χ1v) is 50.1. The number of hydrogen-bond donors (Lipinski definition) is 4. The fourth-order valence-corrected chi connectivity index (χ4v) is 25.2. The van der Waals surface area contributed by atoms with Crippen LogP contribution in [0.15, 0.2) is 446 Å². The van der Waals surface area contributed by atoms with Crippen molar-refractivity contribution >= 4 is 152 Å². The van der Waals surface area contributed by atoms with Gasteiger partial charge in [-0.1, -0.05) is 353 Å². The second-order valence-electron chi connectivity index (χ2n) is 39.6. The van der Waals surface area contributed by atoms with Gasteiger partial charge in [0.15, 0.2) is 0 Å². The molecule has 140 heavy (non-hydrogen) atoms. The molecule has 0 saturated heterocycles. The summed E-state index contributed by atoms with van der Waals surface area (Å²) in [5, 5.41) is 24.7. The summed E-state index contributed by atoms with van der Waals surface area (Å²) in [6, 6.07) is 157. The average Bonchev–Trinajstić information content (AvgIpc) is 1.58. The van der Waals surface area contributed by atoms with Gasteiger partial charge in [0.1, 0.15) is 22.3 Å². The maximum atomic E-state index is 6.16. The predicted molar refractivity (Wildman–Crippen MR) is 597 cm³/mol. The molecule has 4 aliphatic rings. The van der Waals surface area contributed by atoms with Gasteiger partial charge in [-0.3, -0.25) is 0 Å². The number of thiophene rings is 2. The zero-order chi connectivity index (χ0) is 94.3. The molecule has 0 unspecified atom stereocenters. The van der Waals surface area contributed by atoms with Crippen molar-refractivity contribution in [2.24, 2.45) is 0 Å². The van der Waals surface area contributed by atoms with Crippen LogP contribution in [-0.4, -0.2) is 0 Å². The lowest BCUT2D eigenvalue weighted by molar-refractivity contribution is 0.660. The Morgan fingerprint density at radius 2 is 0.450 bits per heavy atom. The molecular weight excluding hydrogens is 1740 g/mol. The van der Waals surface area contributed by atoms with Crippen LogP contribution in [0.5, 0.6) is 0 Å². The number of rotatable bonds is 12. The molecule has 8 heteroatoms. The van der Waals surface area contributed by atoms with E-state index in [-0.39, 0.29) is 21.7 Å². The normalized spacial score (nSPS) is 13.7. The Hall–Kier alpha value is -16.4. The lowest BCUT2D eigenvalue weighted by Gasteiger charge is -2.22. The van der Waals surface area contributed by atoms with E-state index in [1.165, 1.54) is 168 Å². The maximum absolute atomic E-state index is 6.16. The van der Waals surface area contributed by atoms with Crippen LogP contribution in [-0.2, 0) is 21.7 Å². The minimum atomic E-state index is -0.0234. The largest absolute Gasteiger partial charge is 0.456 e. The third kappa shape index (κ3) is 14.6. The molecule has 0 radical (unpaired) electrons. The third-order valence-electron chi connectivity index (χ3n) is 29.8. The molecule has 0 aliphatic heterocycles. The summed E-state index contributed by atoms with van der Waals surface area (Å²) in [4.78, 5) is 0. The van der Waals surface area contributed by atoms with Gasteiger partial charge in [-0.05, 0) is 267 Å². The number of nitrogens with one attached hydrogen (secondary N) is 4. The quantitative estimate of drug-likeness (QED) is 0.0977. The van der Waals surface area contributed by atoms with E-state index < -0.39 is 0 Å². The van der Waals surface area contributed by atoms with E-state index in [1.807, 2.05) is 53.0 Å². The number of anilines is 8. The molecule has 20 aromatic carbocycles. The Labute approximate surface area is 823 Å². The number of fused-ring (bicyclic) bond motifs is 24. The van der Waals surface area contributed by atoms with Gasteiger partial charge in [-0.2, -0.15) is 0 Å². The van der Waals surface area contributed by atoms with Crippen LogP contribution >= 0.6 is 22.7 Å². The summed E-state index contributed by atoms with van der Waals surface area (Å²) in [7, 11) is 0. The van der Waals surface area contributed by atoms with Gasteiger partial charge < -0.3 is 30.1 Å². The van der Waals surface area contributed by atoms with Crippen molar-refractivity contribution in [1.29, 1.82) is 0 Å². The molecule has 4 heterocycles. The Bertz CT molecular complexity index is 8840. The molecule has 0 amide bonds. The Balaban J connectivity index is 0.0000000985. The first kappa shape index (κ1) is 85.3. The van der Waals surface area contributed by atoms with E-state index in [9.17, 15) is 0 Å². The molecule has 0 atom stereocenters. The molecule has 0 saturated carbocycles. The second kappa shape index (κ2) is 33.8. The zero-order valence-corrected chi connectivity index (χ0v) is 80.8. The third-order valence-corrected chi connectivity index (χ3v) is 32.1. The monoisotopic (exact) mass is 1840 g/mol. The van der Waals surface area contributed by atoms with Crippen LogP contribution in [0.2, 0.25) is 0 Å². The number of benzene rings is 20. The van der Waals surface area contributed by atoms with Crippen LogP contribution in [0.1, 0.15) is 99.9 Å². The van der Waals surface area contributed by atoms with Crippen LogP contribution in [0.25, 0.3) is 173 Å². The van der Waals surface area contributed by atoms with Crippen molar-refractivity contribution < 1.29 is 8.83 Å². The van der Waals surface area contributed by atoms with E-state index in [1.54, 1.807) is 0 Å². The van der Waals surface area contributed by atoms with Crippen LogP contribution in [0.3, 0.4) is 0 Å². The standard InChI is InChI=1S/2C33H25NO.2C33H25NS/c1-33(2)27-14-6-3-10-22(27)23-19-18-21(20-28(23)33)34-29-15-7-4-11-24(29)25-13-9-17-31-32(25)26-12-5-8-16-30(26)35-31;2*1-33(2)28-14-5-3-11-25(28)26-18-17-23(20-29(26)33)34-22-10-7-9-21(19-22)24-13-8-16-31-32(24)27-12-4-6-15-30(27)35-31;1-33(2)28-11-5-3-8-25(28)26-19-18-23(20-29(26)33)34-22-16-14-21(15-17-22)24-10-7-13-31-32(24)27-9-4-6-12-30(27)35-31/h4*3-20,34H,1-2H3. The molecule has 6 nitrogen and oxygen atoms in total. The van der Waals surface area contributed by atoms with E-state index >= 15 is 0 Å². The predicted octanol–water partition coefficient (Wildman–Crippen LogP) is 38.1. The molecule has 0 spiro atoms. The summed E-state index contributed by atoms with van der Waals surface area (Å²) in [5.74, 6) is 0. The number of hydrogen-bond acceptors (Lipinski definition) is 8. The highest BCUT2D eigenvalue weighted by molar-refractivity contribution is 7.26. The smallest absolute Gasteiger partial charge is 0.136 e. The SMILES string of the molecule is CC1(C)c2ccccc2-c2ccc(Nc3ccc(-c4cccc5sc6ccccc6c45)cc3)cc21.CC1(C)c2ccccc2-c2ccc(Nc3cccc(-c4cccc5oc6ccccc6c45)c3)cc21.CC1(C)c2ccccc2-c2ccc(Nc3cccc(-c4cccc5sc6ccccc6c45)c3)cc21.CC1(C)c2ccccc2-c2ccc(Nc3ccccc3-c3cccc4oc5ccccc5c34)cc21. The highest BCUT2D eigenvalue weighted by atomic mass is 32.1. The van der Waals surface area contributed by atoms with Crippen LogP contribution < -0.4 is 21.3 Å². The minimum absolute atomic E-state index is 0.00111. The Morgan fingerprint density at radius 3 is 0.879 bits per heavy atom. The molecule has 0 fully saturated rings. The van der Waals surface area contributed by atoms with Gasteiger partial charge >= 0.3 is 0 Å². The van der Waals surface area contributed by atoms with Gasteiger partial charge in [0.05, 0.1) is 0 Å². The van der Waals surface area contributed by atoms with E-state index in [4.69, 9.17) is 8.83 Å². The van der Waals surface area contributed by atoms with Crippen LogP contribution in [0, 0.1) is 0 Å². The molecule has 4 aliphatic carbocycles. The minimum Gasteiger partial charge on any atom is -0.456 e. The highest BCUT2D eigenvalue weighted by Crippen LogP contribution is 2.56. The van der Waals surface area contributed by atoms with Gasteiger partial charge in [0, 0.05) is 135 Å². The summed E-state index contributed by atoms with van der Waals surface area (Å²) < 4.78 is 17.6. The number of para-hydroxylation sites is 3. The summed E-state index contributed by atoms with van der Waals surface area (Å²) in [5.41, 5.74) is 44.1. The van der Waals surface area contributed by atoms with Gasteiger partial charge in [0.2, 0.25) is 0 Å². The van der Waals surface area contributed by atoms with Crippen LogP contribution in [0.4, 0.5) is 45.5 Å². The molecule has 4 N–H and O–H groups in total. The average molecular weight is 1840 g/mol. The van der Waals surface area contributed by atoms with E-state index in [0.29, 0.717) is 0 Å². The fourth-order valence-electron chi connectivity index (χ4n) is 22.9. The van der Waals surface area contributed by atoms with Crippen molar-refractivity contribution in [2.75, 3.05) is 21.3 Å². The van der Waals surface area contributed by atoms with E-state index in [2.05, 4.69) is 483 Å². The molecule has 4 aromatic heterocycles. The van der Waals surface area contributed by atoms with Crippen molar-refractivity contribution in [3.63, 3.8) is 0 Å². The summed E-state index contributed by atoms with van der Waals surface area (Å²) in [6.45, 7) is 18.6. The first-order valence-electron chi connectivity index (χ1n) is 48.5. The molecule has 672 valence electrons. The number of furan rings is 2. The Kier molecular flexibility index (Phi) is 20.6. The van der Waals surface area contributed by atoms with Crippen molar-refractivity contribution in [3.05, 3.63) is 481 Å². The topological polar surface area (TPSA) is 74.4 Å². The van der Waals surface area contributed by atoms with Crippen molar-refractivity contribution in [2.45, 2.75) is 77.0 Å². The van der Waals surface area contributed by atoms with Crippen molar-refractivity contribution in [3.8, 4) is 89.0 Å². The lowest BCUT2D eigenvalue weighted by atomic mass is 9.82. The van der Waals surface area contributed by atoms with Crippen molar-refractivity contribution in [1.82, 2.24) is 0 Å². The zero-order valence-electron chi connectivity index (χ0n) is 79.2. The molecule has 24 aromatic rings. The maximum Gasteiger partial charge on any atom is 0.136 e. The highest BCUT2D eigenvalue weighted by Gasteiger charge is 2.40. The van der Waals surface area contributed by atoms with Gasteiger partial charge in [0.25, 0.3) is 0 Å². The Morgan fingerprint density at radius 1 is 0.171 bits per heavy atom. The van der Waals surface area contributed by atoms with Gasteiger partial charge in [-0.25, -0.2) is 0 Å². The first-order chi connectivity index (χ1) is 68.4. The second-order valence-corrected chi connectivity index (χ2v) is 41.8. The van der Waals surface area contributed by atoms with Gasteiger partial charge in [-0.15, -0.1) is 22.7 Å². The lowest BCUT2D eigenvalue weighted by Crippen LogP contribution is -2.15. The molecule has 28 rings (SSSR count). The molecule has 0 bridgehead atoms. The molecular formula is C132H100N4O2S2. The van der Waals surface area contributed by atoms with E-state index in [0.717, 1.165) is 94.9 Å². The summed E-state index contributed by atoms with van der Waals surface area (Å²) >= 11 is 3.74. The summed E-state index contributed by atoms with van der Waals surface area (Å²) in [6.07, 6.45) is 0. The fraction of sp³-hybridized carbons (Fsp3) is 0.0909.